The highest BCUT2D eigenvalue weighted by Crippen LogP contribution is 2.21. The molecule has 3 rings (SSSR count). The summed E-state index contributed by atoms with van der Waals surface area (Å²) in [5.74, 6) is -0.695. The molecule has 1 unspecified atom stereocenters. The predicted octanol–water partition coefficient (Wildman–Crippen LogP) is 3.01. The summed E-state index contributed by atoms with van der Waals surface area (Å²) in [6.45, 7) is 0. The lowest BCUT2D eigenvalue weighted by atomic mass is 10.0. The number of hydrogen-bond donors (Lipinski definition) is 1. The van der Waals surface area contributed by atoms with Crippen molar-refractivity contribution in [3.8, 4) is 0 Å². The van der Waals surface area contributed by atoms with Crippen LogP contribution in [0, 0.1) is 5.82 Å². The SMILES string of the molecule is O=C(Nc1cccnc1Cl)C1CC(c2ccc(F)cc2)=NO1. The zero-order valence-electron chi connectivity index (χ0n) is 11.3. The van der Waals surface area contributed by atoms with Gasteiger partial charge in [0, 0.05) is 12.6 Å². The van der Waals surface area contributed by atoms with Gasteiger partial charge in [0.15, 0.2) is 5.15 Å². The van der Waals surface area contributed by atoms with Crippen LogP contribution in [0.25, 0.3) is 0 Å². The topological polar surface area (TPSA) is 63.6 Å². The molecule has 2 aromatic rings. The summed E-state index contributed by atoms with van der Waals surface area (Å²) in [4.78, 5) is 21.2. The number of halogens is 2. The third kappa shape index (κ3) is 3.07. The van der Waals surface area contributed by atoms with Crippen LogP contribution in [-0.2, 0) is 9.63 Å². The van der Waals surface area contributed by atoms with E-state index in [9.17, 15) is 9.18 Å². The van der Waals surface area contributed by atoms with Crippen molar-refractivity contribution in [3.63, 3.8) is 0 Å². The van der Waals surface area contributed by atoms with Crippen molar-refractivity contribution >= 4 is 28.9 Å². The molecule has 22 heavy (non-hydrogen) atoms. The Balaban J connectivity index is 1.65. The minimum atomic E-state index is -0.753. The molecule has 5 nitrogen and oxygen atoms in total. The number of aromatic nitrogens is 1. The molecule has 1 atom stereocenters. The van der Waals surface area contributed by atoms with Gasteiger partial charge in [-0.1, -0.05) is 28.9 Å². The van der Waals surface area contributed by atoms with Crippen molar-refractivity contribution in [2.75, 3.05) is 5.32 Å². The average Bonchev–Trinajstić information content (AvgIpc) is 3.00. The molecule has 0 saturated heterocycles. The monoisotopic (exact) mass is 319 g/mol. The molecule has 0 aliphatic carbocycles. The van der Waals surface area contributed by atoms with Gasteiger partial charge in [0.2, 0.25) is 6.10 Å². The third-order valence-corrected chi connectivity index (χ3v) is 3.46. The van der Waals surface area contributed by atoms with Gasteiger partial charge in [0.1, 0.15) is 5.82 Å². The maximum Gasteiger partial charge on any atom is 0.268 e. The van der Waals surface area contributed by atoms with E-state index in [-0.39, 0.29) is 16.9 Å². The second-order valence-corrected chi connectivity index (χ2v) is 5.03. The van der Waals surface area contributed by atoms with Crippen LogP contribution in [0.2, 0.25) is 5.15 Å². The van der Waals surface area contributed by atoms with Crippen LogP contribution >= 0.6 is 11.6 Å². The number of amides is 1. The Morgan fingerprint density at radius 3 is 2.82 bits per heavy atom. The van der Waals surface area contributed by atoms with E-state index in [1.165, 1.54) is 18.3 Å². The summed E-state index contributed by atoms with van der Waals surface area (Å²) in [6.07, 6.45) is 1.08. The second-order valence-electron chi connectivity index (χ2n) is 4.67. The fourth-order valence-corrected chi connectivity index (χ4v) is 2.19. The summed E-state index contributed by atoms with van der Waals surface area (Å²) < 4.78 is 12.9. The predicted molar refractivity (Wildman–Crippen MR) is 80.3 cm³/mol. The number of nitrogens with zero attached hydrogens (tertiary/aromatic N) is 2. The smallest absolute Gasteiger partial charge is 0.268 e. The van der Waals surface area contributed by atoms with Gasteiger partial charge in [0.25, 0.3) is 5.91 Å². The van der Waals surface area contributed by atoms with Gasteiger partial charge in [-0.15, -0.1) is 0 Å². The lowest BCUT2D eigenvalue weighted by Gasteiger charge is -2.10. The minimum absolute atomic E-state index is 0.202. The molecule has 0 bridgehead atoms. The first kappa shape index (κ1) is 14.5. The number of anilines is 1. The Morgan fingerprint density at radius 1 is 1.32 bits per heavy atom. The first-order chi connectivity index (χ1) is 10.6. The van der Waals surface area contributed by atoms with Crippen molar-refractivity contribution in [3.05, 3.63) is 59.1 Å². The minimum Gasteiger partial charge on any atom is -0.382 e. The van der Waals surface area contributed by atoms with Gasteiger partial charge in [-0.05, 0) is 29.8 Å². The molecule has 1 aliphatic rings. The van der Waals surface area contributed by atoms with Gasteiger partial charge in [-0.2, -0.15) is 0 Å². The molecule has 0 saturated carbocycles. The molecule has 1 aromatic carbocycles. The third-order valence-electron chi connectivity index (χ3n) is 3.16. The fraction of sp³-hybridized carbons (Fsp3) is 0.133. The number of nitrogens with one attached hydrogen (secondary N) is 1. The van der Waals surface area contributed by atoms with E-state index >= 15 is 0 Å². The molecule has 7 heteroatoms. The maximum absolute atomic E-state index is 12.9. The number of hydrogen-bond acceptors (Lipinski definition) is 4. The first-order valence-electron chi connectivity index (χ1n) is 6.53. The van der Waals surface area contributed by atoms with Crippen LogP contribution in [0.3, 0.4) is 0 Å². The van der Waals surface area contributed by atoms with Gasteiger partial charge in [-0.25, -0.2) is 9.37 Å². The molecular formula is C15H11ClFN3O2. The zero-order valence-corrected chi connectivity index (χ0v) is 12.0. The van der Waals surface area contributed by atoms with Crippen LogP contribution in [0.4, 0.5) is 10.1 Å². The van der Waals surface area contributed by atoms with Gasteiger partial charge in [0.05, 0.1) is 11.4 Å². The van der Waals surface area contributed by atoms with Crippen molar-refractivity contribution in [2.45, 2.75) is 12.5 Å². The van der Waals surface area contributed by atoms with Gasteiger partial charge < -0.3 is 10.2 Å². The van der Waals surface area contributed by atoms with E-state index in [0.29, 0.717) is 17.8 Å². The lowest BCUT2D eigenvalue weighted by molar-refractivity contribution is -0.125. The van der Waals surface area contributed by atoms with E-state index < -0.39 is 6.10 Å². The van der Waals surface area contributed by atoms with Crippen LogP contribution < -0.4 is 5.32 Å². The Kier molecular flexibility index (Phi) is 4.02. The fourth-order valence-electron chi connectivity index (χ4n) is 2.02. The maximum atomic E-state index is 12.9. The summed E-state index contributed by atoms with van der Waals surface area (Å²) in [5.41, 5.74) is 1.72. The van der Waals surface area contributed by atoms with Crippen LogP contribution in [0.5, 0.6) is 0 Å². The quantitative estimate of drug-likeness (QED) is 0.885. The Labute approximate surface area is 130 Å². The molecule has 0 spiro atoms. The summed E-state index contributed by atoms with van der Waals surface area (Å²) in [7, 11) is 0. The standard InChI is InChI=1S/C15H11ClFN3O2/c16-14-11(2-1-7-18-14)19-15(21)13-8-12(20-22-13)9-3-5-10(17)6-4-9/h1-7,13H,8H2,(H,19,21). The highest BCUT2D eigenvalue weighted by Gasteiger charge is 2.29. The number of rotatable bonds is 3. The Morgan fingerprint density at radius 2 is 2.09 bits per heavy atom. The summed E-state index contributed by atoms with van der Waals surface area (Å²) in [6, 6.07) is 9.16. The number of carbonyl (C=O) groups excluding carboxylic acids is 1. The normalized spacial score (nSPS) is 16.8. The van der Waals surface area contributed by atoms with Crippen molar-refractivity contribution in [1.29, 1.82) is 0 Å². The van der Waals surface area contributed by atoms with E-state index in [1.54, 1.807) is 24.3 Å². The van der Waals surface area contributed by atoms with Crippen LogP contribution in [0.1, 0.15) is 12.0 Å². The number of carbonyl (C=O) groups is 1. The second kappa shape index (κ2) is 6.11. The molecule has 2 heterocycles. The van der Waals surface area contributed by atoms with E-state index in [0.717, 1.165) is 5.56 Å². The Bertz CT molecular complexity index is 734. The first-order valence-corrected chi connectivity index (χ1v) is 6.91. The molecule has 1 amide bonds. The van der Waals surface area contributed by atoms with Gasteiger partial charge >= 0.3 is 0 Å². The number of pyridine rings is 1. The lowest BCUT2D eigenvalue weighted by Crippen LogP contribution is -2.28. The van der Waals surface area contributed by atoms with Crippen molar-refractivity contribution < 1.29 is 14.0 Å². The molecule has 0 radical (unpaired) electrons. The molecule has 1 N–H and O–H groups in total. The van der Waals surface area contributed by atoms with Crippen LogP contribution in [-0.4, -0.2) is 22.7 Å². The number of oxime groups is 1. The highest BCUT2D eigenvalue weighted by atomic mass is 35.5. The number of benzene rings is 1. The summed E-state index contributed by atoms with van der Waals surface area (Å²) >= 11 is 5.88. The molecule has 0 fully saturated rings. The van der Waals surface area contributed by atoms with E-state index in [1.807, 2.05) is 0 Å². The summed E-state index contributed by atoms with van der Waals surface area (Å²) in [5, 5.41) is 6.73. The van der Waals surface area contributed by atoms with Crippen molar-refractivity contribution in [1.82, 2.24) is 4.98 Å². The molecule has 1 aliphatic heterocycles. The largest absolute Gasteiger partial charge is 0.382 e. The van der Waals surface area contributed by atoms with E-state index in [2.05, 4.69) is 15.5 Å². The molecular weight excluding hydrogens is 309 g/mol. The van der Waals surface area contributed by atoms with E-state index in [4.69, 9.17) is 16.4 Å². The van der Waals surface area contributed by atoms with Gasteiger partial charge in [-0.3, -0.25) is 4.79 Å². The molecule has 1 aromatic heterocycles. The Hall–Kier alpha value is -2.47. The highest BCUT2D eigenvalue weighted by molar-refractivity contribution is 6.32. The van der Waals surface area contributed by atoms with Crippen molar-refractivity contribution in [2.24, 2.45) is 5.16 Å². The van der Waals surface area contributed by atoms with Crippen LogP contribution in [0.15, 0.2) is 47.8 Å². The average molecular weight is 320 g/mol. The zero-order chi connectivity index (χ0) is 15.5. The molecule has 112 valence electrons.